The Morgan fingerprint density at radius 3 is 2.58 bits per heavy atom. The monoisotopic (exact) mass is 186 g/mol. The van der Waals surface area contributed by atoms with Crippen molar-refractivity contribution in [2.24, 2.45) is 0 Å². The molecule has 0 radical (unpaired) electrons. The molecule has 12 heavy (non-hydrogen) atoms. The second-order valence-corrected chi connectivity index (χ2v) is 3.37. The first-order chi connectivity index (χ1) is 5.56. The lowest BCUT2D eigenvalue weighted by Gasteiger charge is -2.27. The summed E-state index contributed by atoms with van der Waals surface area (Å²) < 4.78 is 0. The second-order valence-electron chi connectivity index (χ2n) is 2.77. The zero-order chi connectivity index (χ0) is 9.19. The van der Waals surface area contributed by atoms with Crippen LogP contribution in [0.2, 0.25) is 0 Å². The SMILES string of the molecule is CN(C)C(=O)C1(Cl)C=CC=CN1. The summed E-state index contributed by atoms with van der Waals surface area (Å²) >= 11 is 5.98. The number of halogens is 1. The number of allylic oxidation sites excluding steroid dienone is 2. The van der Waals surface area contributed by atoms with Crippen molar-refractivity contribution in [3.63, 3.8) is 0 Å². The maximum absolute atomic E-state index is 11.5. The average molecular weight is 187 g/mol. The van der Waals surface area contributed by atoms with Crippen molar-refractivity contribution in [2.75, 3.05) is 14.1 Å². The van der Waals surface area contributed by atoms with Crippen LogP contribution in [0.25, 0.3) is 0 Å². The lowest BCUT2D eigenvalue weighted by molar-refractivity contribution is -0.130. The lowest BCUT2D eigenvalue weighted by Crippen LogP contribution is -2.49. The molecule has 4 heteroatoms. The minimum Gasteiger partial charge on any atom is -0.362 e. The molecule has 0 aromatic carbocycles. The number of hydrogen-bond acceptors (Lipinski definition) is 2. The summed E-state index contributed by atoms with van der Waals surface area (Å²) in [4.78, 5) is 11.8. The van der Waals surface area contributed by atoms with E-state index >= 15 is 0 Å². The maximum Gasteiger partial charge on any atom is 0.267 e. The van der Waals surface area contributed by atoms with E-state index in [9.17, 15) is 4.79 Å². The Kier molecular flexibility index (Phi) is 2.43. The van der Waals surface area contributed by atoms with Gasteiger partial charge >= 0.3 is 0 Å². The van der Waals surface area contributed by atoms with Crippen molar-refractivity contribution in [1.29, 1.82) is 0 Å². The molecule has 0 bridgehead atoms. The van der Waals surface area contributed by atoms with Gasteiger partial charge in [0.1, 0.15) is 0 Å². The predicted octanol–water partition coefficient (Wildman–Crippen LogP) is 0.683. The van der Waals surface area contributed by atoms with Crippen molar-refractivity contribution in [3.8, 4) is 0 Å². The summed E-state index contributed by atoms with van der Waals surface area (Å²) in [6.45, 7) is 0. The van der Waals surface area contributed by atoms with Crippen LogP contribution >= 0.6 is 11.6 Å². The van der Waals surface area contributed by atoms with Gasteiger partial charge in [0.05, 0.1) is 0 Å². The molecule has 0 aromatic rings. The fourth-order valence-corrected chi connectivity index (χ4v) is 1.22. The summed E-state index contributed by atoms with van der Waals surface area (Å²) in [6, 6.07) is 0. The molecule has 0 spiro atoms. The first kappa shape index (κ1) is 9.13. The van der Waals surface area contributed by atoms with Gasteiger partial charge in [-0.2, -0.15) is 0 Å². The molecule has 66 valence electrons. The minimum atomic E-state index is -1.10. The highest BCUT2D eigenvalue weighted by Crippen LogP contribution is 2.18. The quantitative estimate of drug-likeness (QED) is 0.483. The minimum absolute atomic E-state index is 0.176. The fraction of sp³-hybridized carbons (Fsp3) is 0.375. The van der Waals surface area contributed by atoms with Crippen LogP contribution in [0.15, 0.2) is 24.4 Å². The van der Waals surface area contributed by atoms with E-state index in [0.29, 0.717) is 0 Å². The summed E-state index contributed by atoms with van der Waals surface area (Å²) in [6.07, 6.45) is 6.79. The molecule has 1 N–H and O–H groups in total. The van der Waals surface area contributed by atoms with E-state index in [1.807, 2.05) is 0 Å². The van der Waals surface area contributed by atoms with Gasteiger partial charge in [-0.05, 0) is 18.4 Å². The molecule has 0 aliphatic carbocycles. The van der Waals surface area contributed by atoms with E-state index in [0.717, 1.165) is 0 Å². The summed E-state index contributed by atoms with van der Waals surface area (Å²) in [5.41, 5.74) is 0. The number of nitrogens with one attached hydrogen (secondary N) is 1. The summed E-state index contributed by atoms with van der Waals surface area (Å²) in [7, 11) is 3.33. The largest absolute Gasteiger partial charge is 0.362 e. The van der Waals surface area contributed by atoms with E-state index in [4.69, 9.17) is 11.6 Å². The highest BCUT2D eigenvalue weighted by atomic mass is 35.5. The van der Waals surface area contributed by atoms with Crippen LogP contribution < -0.4 is 5.32 Å². The van der Waals surface area contributed by atoms with Crippen LogP contribution in [-0.4, -0.2) is 29.9 Å². The number of hydrogen-bond donors (Lipinski definition) is 1. The molecule has 0 fully saturated rings. The molecule has 1 rings (SSSR count). The Hall–Kier alpha value is -0.960. The summed E-state index contributed by atoms with van der Waals surface area (Å²) in [5, 5.41) is 2.78. The molecular weight excluding hydrogens is 176 g/mol. The zero-order valence-electron chi connectivity index (χ0n) is 7.04. The normalized spacial score (nSPS) is 26.6. The maximum atomic E-state index is 11.5. The Morgan fingerprint density at radius 1 is 1.50 bits per heavy atom. The van der Waals surface area contributed by atoms with Crippen molar-refractivity contribution >= 4 is 17.5 Å². The lowest BCUT2D eigenvalue weighted by atomic mass is 10.2. The Morgan fingerprint density at radius 2 is 2.17 bits per heavy atom. The third kappa shape index (κ3) is 1.61. The van der Waals surface area contributed by atoms with Gasteiger partial charge in [-0.1, -0.05) is 17.7 Å². The Balaban J connectivity index is 2.79. The van der Waals surface area contributed by atoms with Gasteiger partial charge in [0.15, 0.2) is 0 Å². The van der Waals surface area contributed by atoms with Gasteiger partial charge < -0.3 is 10.2 Å². The third-order valence-electron chi connectivity index (χ3n) is 1.54. The Bertz CT molecular complexity index is 247. The van der Waals surface area contributed by atoms with Gasteiger partial charge in [0.2, 0.25) is 5.00 Å². The molecule has 0 aromatic heterocycles. The van der Waals surface area contributed by atoms with E-state index in [1.165, 1.54) is 4.90 Å². The third-order valence-corrected chi connectivity index (χ3v) is 1.94. The zero-order valence-corrected chi connectivity index (χ0v) is 7.80. The van der Waals surface area contributed by atoms with E-state index in [2.05, 4.69) is 5.32 Å². The molecule has 3 nitrogen and oxygen atoms in total. The molecule has 1 amide bonds. The van der Waals surface area contributed by atoms with Crippen molar-refractivity contribution < 1.29 is 4.79 Å². The van der Waals surface area contributed by atoms with Crippen molar-refractivity contribution in [3.05, 3.63) is 24.4 Å². The molecular formula is C8H11ClN2O. The molecule has 1 heterocycles. The van der Waals surface area contributed by atoms with Gasteiger partial charge in [0, 0.05) is 14.1 Å². The highest BCUT2D eigenvalue weighted by molar-refractivity contribution is 6.36. The number of alkyl halides is 1. The molecule has 0 saturated heterocycles. The van der Waals surface area contributed by atoms with Crippen molar-refractivity contribution in [1.82, 2.24) is 10.2 Å². The van der Waals surface area contributed by atoms with Gasteiger partial charge in [0.25, 0.3) is 5.91 Å². The number of carbonyl (C=O) groups is 1. The van der Waals surface area contributed by atoms with Crippen LogP contribution in [-0.2, 0) is 4.79 Å². The molecule has 0 saturated carbocycles. The van der Waals surface area contributed by atoms with E-state index < -0.39 is 5.00 Å². The van der Waals surface area contributed by atoms with Crippen molar-refractivity contribution in [2.45, 2.75) is 5.00 Å². The molecule has 1 unspecified atom stereocenters. The first-order valence-electron chi connectivity index (χ1n) is 3.59. The fourth-order valence-electron chi connectivity index (χ4n) is 0.920. The van der Waals surface area contributed by atoms with E-state index in [1.54, 1.807) is 38.5 Å². The predicted molar refractivity (Wildman–Crippen MR) is 48.7 cm³/mol. The number of dihydropyridines is 1. The number of carbonyl (C=O) groups excluding carboxylic acids is 1. The second kappa shape index (κ2) is 3.19. The van der Waals surface area contributed by atoms with Crippen LogP contribution in [0.1, 0.15) is 0 Å². The van der Waals surface area contributed by atoms with Gasteiger partial charge in [-0.3, -0.25) is 4.79 Å². The number of rotatable bonds is 1. The van der Waals surface area contributed by atoms with Crippen LogP contribution in [0.4, 0.5) is 0 Å². The summed E-state index contributed by atoms with van der Waals surface area (Å²) in [5.74, 6) is -0.176. The topological polar surface area (TPSA) is 32.3 Å². The smallest absolute Gasteiger partial charge is 0.267 e. The Labute approximate surface area is 76.7 Å². The van der Waals surface area contributed by atoms with Gasteiger partial charge in [-0.25, -0.2) is 0 Å². The van der Waals surface area contributed by atoms with Gasteiger partial charge in [-0.15, -0.1) is 0 Å². The molecule has 1 aliphatic heterocycles. The van der Waals surface area contributed by atoms with E-state index in [-0.39, 0.29) is 5.91 Å². The standard InChI is InChI=1S/C8H11ClN2O/c1-11(2)7(12)8(9)5-3-4-6-10-8/h3-6,10H,1-2H3. The number of likely N-dealkylation sites (N-methyl/N-ethyl adjacent to an activating group) is 1. The van der Waals surface area contributed by atoms with Crippen LogP contribution in [0.3, 0.4) is 0 Å². The van der Waals surface area contributed by atoms with Crippen LogP contribution in [0, 0.1) is 0 Å². The highest BCUT2D eigenvalue weighted by Gasteiger charge is 2.34. The molecule has 1 aliphatic rings. The first-order valence-corrected chi connectivity index (χ1v) is 3.97. The molecule has 1 atom stereocenters. The van der Waals surface area contributed by atoms with Crippen LogP contribution in [0.5, 0.6) is 0 Å². The average Bonchev–Trinajstić information content (AvgIpc) is 2.04. The number of amides is 1. The number of nitrogens with zero attached hydrogens (tertiary/aromatic N) is 1.